The summed E-state index contributed by atoms with van der Waals surface area (Å²) in [6, 6.07) is 12.7. The van der Waals surface area contributed by atoms with Gasteiger partial charge in [0.2, 0.25) is 10.0 Å². The number of fused-ring (bicyclic) bond motifs is 2. The number of para-hydroxylation sites is 1. The van der Waals surface area contributed by atoms with Gasteiger partial charge >= 0.3 is 0 Å². The van der Waals surface area contributed by atoms with Gasteiger partial charge in [-0.3, -0.25) is 0 Å². The molecule has 0 aromatic heterocycles. The Balaban J connectivity index is 2.09. The largest absolute Gasteiger partial charge is 0.354 e. The van der Waals surface area contributed by atoms with Crippen molar-refractivity contribution in [2.75, 3.05) is 5.32 Å². The third-order valence-corrected chi connectivity index (χ3v) is 4.72. The molecule has 6 heteroatoms. The summed E-state index contributed by atoms with van der Waals surface area (Å²) in [5.74, 6) is 0. The lowest BCUT2D eigenvalue weighted by Gasteiger charge is -2.20. The molecule has 0 unspecified atom stereocenters. The molecule has 0 bridgehead atoms. The van der Waals surface area contributed by atoms with E-state index in [1.807, 2.05) is 24.3 Å². The average Bonchev–Trinajstić information content (AvgIpc) is 2.34. The Hall–Kier alpha value is -1.50. The molecule has 0 atom stereocenters. The van der Waals surface area contributed by atoms with Gasteiger partial charge in [0, 0.05) is 9.79 Å². The van der Waals surface area contributed by atoms with E-state index in [0.717, 1.165) is 21.2 Å². The summed E-state index contributed by atoms with van der Waals surface area (Å²) in [4.78, 5) is 2.23. The fraction of sp³-hybridized carbons (Fsp3) is 0. The molecular formula is C12H10N2O2S2. The van der Waals surface area contributed by atoms with Crippen molar-refractivity contribution in [3.63, 3.8) is 0 Å². The van der Waals surface area contributed by atoms with Crippen LogP contribution in [0.5, 0.6) is 0 Å². The molecule has 0 saturated heterocycles. The molecule has 18 heavy (non-hydrogen) atoms. The van der Waals surface area contributed by atoms with Crippen molar-refractivity contribution in [3.05, 3.63) is 42.5 Å². The van der Waals surface area contributed by atoms with Gasteiger partial charge in [0.25, 0.3) is 0 Å². The van der Waals surface area contributed by atoms with Crippen molar-refractivity contribution in [2.45, 2.75) is 14.7 Å². The monoisotopic (exact) mass is 278 g/mol. The number of sulfonamides is 1. The van der Waals surface area contributed by atoms with Gasteiger partial charge in [-0.2, -0.15) is 0 Å². The minimum absolute atomic E-state index is 0.119. The molecule has 2 aromatic rings. The Labute approximate surface area is 109 Å². The predicted molar refractivity (Wildman–Crippen MR) is 71.7 cm³/mol. The average molecular weight is 278 g/mol. The van der Waals surface area contributed by atoms with E-state index in [0.29, 0.717) is 0 Å². The smallest absolute Gasteiger partial charge is 0.238 e. The van der Waals surface area contributed by atoms with E-state index in [4.69, 9.17) is 5.14 Å². The first-order valence-corrected chi connectivity index (χ1v) is 7.61. The molecule has 0 aliphatic carbocycles. The normalized spacial score (nSPS) is 13.4. The van der Waals surface area contributed by atoms with Crippen LogP contribution < -0.4 is 10.5 Å². The molecule has 92 valence electrons. The van der Waals surface area contributed by atoms with E-state index in [1.165, 1.54) is 6.07 Å². The summed E-state index contributed by atoms with van der Waals surface area (Å²) in [6.45, 7) is 0. The molecule has 3 N–H and O–H groups in total. The van der Waals surface area contributed by atoms with E-state index in [-0.39, 0.29) is 4.90 Å². The Morgan fingerprint density at radius 1 is 1.00 bits per heavy atom. The molecule has 3 rings (SSSR count). The van der Waals surface area contributed by atoms with Crippen LogP contribution in [0, 0.1) is 0 Å². The summed E-state index contributed by atoms with van der Waals surface area (Å²) < 4.78 is 22.6. The van der Waals surface area contributed by atoms with Crippen molar-refractivity contribution < 1.29 is 8.42 Å². The van der Waals surface area contributed by atoms with E-state index in [9.17, 15) is 8.42 Å². The first kappa shape index (κ1) is 11.6. The van der Waals surface area contributed by atoms with Gasteiger partial charge in [-0.15, -0.1) is 0 Å². The Bertz CT molecular complexity index is 727. The Kier molecular flexibility index (Phi) is 2.58. The van der Waals surface area contributed by atoms with Crippen LogP contribution >= 0.6 is 11.8 Å². The zero-order chi connectivity index (χ0) is 12.8. The van der Waals surface area contributed by atoms with Gasteiger partial charge in [0.05, 0.1) is 16.3 Å². The van der Waals surface area contributed by atoms with Crippen LogP contribution in [0.15, 0.2) is 57.2 Å². The highest BCUT2D eigenvalue weighted by molar-refractivity contribution is 7.99. The zero-order valence-electron chi connectivity index (χ0n) is 9.25. The maximum atomic E-state index is 11.3. The van der Waals surface area contributed by atoms with Gasteiger partial charge in [0.15, 0.2) is 0 Å². The highest BCUT2D eigenvalue weighted by Crippen LogP contribution is 2.44. The number of benzene rings is 2. The molecule has 4 nitrogen and oxygen atoms in total. The van der Waals surface area contributed by atoms with Crippen molar-refractivity contribution in [1.29, 1.82) is 0 Å². The molecule has 0 radical (unpaired) electrons. The van der Waals surface area contributed by atoms with Gasteiger partial charge in [0.1, 0.15) is 0 Å². The lowest BCUT2D eigenvalue weighted by molar-refractivity contribution is 0.598. The maximum absolute atomic E-state index is 11.3. The Morgan fingerprint density at radius 3 is 2.50 bits per heavy atom. The fourth-order valence-corrected chi connectivity index (χ4v) is 3.30. The molecule has 0 spiro atoms. The van der Waals surface area contributed by atoms with Crippen molar-refractivity contribution in [3.8, 4) is 0 Å². The lowest BCUT2D eigenvalue weighted by atomic mass is 10.2. The van der Waals surface area contributed by atoms with Crippen LogP contribution in [0.2, 0.25) is 0 Å². The van der Waals surface area contributed by atoms with Crippen LogP contribution in [0.4, 0.5) is 11.4 Å². The van der Waals surface area contributed by atoms with Crippen LogP contribution in [0.1, 0.15) is 0 Å². The molecule has 1 heterocycles. The number of primary sulfonamides is 1. The number of rotatable bonds is 1. The number of anilines is 2. The first-order valence-electron chi connectivity index (χ1n) is 5.25. The highest BCUT2D eigenvalue weighted by Gasteiger charge is 2.17. The second-order valence-corrected chi connectivity index (χ2v) is 6.57. The Morgan fingerprint density at radius 2 is 1.72 bits per heavy atom. The molecule has 0 amide bonds. The third kappa shape index (κ3) is 1.98. The highest BCUT2D eigenvalue weighted by atomic mass is 32.2. The summed E-state index contributed by atoms with van der Waals surface area (Å²) in [6.07, 6.45) is 0. The SMILES string of the molecule is NS(=O)(=O)c1ccc2c(c1)Nc1ccccc1S2. The van der Waals surface area contributed by atoms with Gasteiger partial charge in [-0.25, -0.2) is 13.6 Å². The van der Waals surface area contributed by atoms with E-state index >= 15 is 0 Å². The van der Waals surface area contributed by atoms with E-state index < -0.39 is 10.0 Å². The van der Waals surface area contributed by atoms with Gasteiger partial charge in [-0.1, -0.05) is 23.9 Å². The summed E-state index contributed by atoms with van der Waals surface area (Å²) in [5.41, 5.74) is 1.74. The topological polar surface area (TPSA) is 72.2 Å². The second kappa shape index (κ2) is 4.01. The van der Waals surface area contributed by atoms with E-state index in [1.54, 1.807) is 23.9 Å². The number of hydrogen-bond donors (Lipinski definition) is 2. The first-order chi connectivity index (χ1) is 8.54. The van der Waals surface area contributed by atoms with Crippen LogP contribution in [-0.2, 0) is 10.0 Å². The molecule has 1 aliphatic heterocycles. The van der Waals surface area contributed by atoms with Crippen molar-refractivity contribution >= 4 is 33.2 Å². The zero-order valence-corrected chi connectivity index (χ0v) is 10.9. The van der Waals surface area contributed by atoms with Crippen molar-refractivity contribution in [2.24, 2.45) is 5.14 Å². The summed E-state index contributed by atoms with van der Waals surface area (Å²) in [5, 5.41) is 8.33. The fourth-order valence-electron chi connectivity index (χ4n) is 1.80. The van der Waals surface area contributed by atoms with E-state index in [2.05, 4.69) is 5.32 Å². The number of hydrogen-bond acceptors (Lipinski definition) is 4. The number of nitrogens with two attached hydrogens (primary N) is 1. The molecular weight excluding hydrogens is 268 g/mol. The quantitative estimate of drug-likeness (QED) is 0.717. The lowest BCUT2D eigenvalue weighted by Crippen LogP contribution is -2.12. The predicted octanol–water partition coefficient (Wildman–Crippen LogP) is 2.54. The van der Waals surface area contributed by atoms with Crippen LogP contribution in [0.25, 0.3) is 0 Å². The van der Waals surface area contributed by atoms with Gasteiger partial charge in [-0.05, 0) is 30.3 Å². The molecule has 2 aromatic carbocycles. The minimum atomic E-state index is -3.66. The summed E-state index contributed by atoms with van der Waals surface area (Å²) >= 11 is 1.60. The standard InChI is InChI=1S/C12H10N2O2S2/c13-18(15,16)8-5-6-12-10(7-8)14-9-3-1-2-4-11(9)17-12/h1-7,14H,(H2,13,15,16). The van der Waals surface area contributed by atoms with Gasteiger partial charge < -0.3 is 5.32 Å². The number of nitrogens with one attached hydrogen (secondary N) is 1. The maximum Gasteiger partial charge on any atom is 0.238 e. The molecule has 0 fully saturated rings. The molecule has 0 saturated carbocycles. The molecule has 1 aliphatic rings. The third-order valence-electron chi connectivity index (χ3n) is 2.66. The van der Waals surface area contributed by atoms with Crippen LogP contribution in [-0.4, -0.2) is 8.42 Å². The van der Waals surface area contributed by atoms with Crippen molar-refractivity contribution in [1.82, 2.24) is 0 Å². The second-order valence-electron chi connectivity index (χ2n) is 3.93. The summed E-state index contributed by atoms with van der Waals surface area (Å²) in [7, 11) is -3.66. The van der Waals surface area contributed by atoms with Crippen LogP contribution in [0.3, 0.4) is 0 Å². The minimum Gasteiger partial charge on any atom is -0.354 e.